The maximum Gasteiger partial charge on any atom is 0.306 e. The molecule has 76 heavy (non-hydrogen) atoms. The Hall–Kier alpha value is -2.38. The second-order valence-corrected chi connectivity index (χ2v) is 22.1. The molecule has 0 aromatic rings. The average molecular weight is 1070 g/mol. The van der Waals surface area contributed by atoms with Gasteiger partial charge in [-0.3, -0.25) is 9.59 Å². The van der Waals surface area contributed by atoms with Gasteiger partial charge in [-0.15, -0.1) is 0 Å². The third-order valence-electron chi connectivity index (χ3n) is 15.0. The van der Waals surface area contributed by atoms with Crippen LogP contribution in [0.15, 0.2) is 48.6 Å². The Morgan fingerprint density at radius 3 is 1.38 bits per heavy atom. The van der Waals surface area contributed by atoms with Crippen molar-refractivity contribution in [2.45, 2.75) is 339 Å². The Morgan fingerprint density at radius 2 is 0.908 bits per heavy atom. The van der Waals surface area contributed by atoms with E-state index in [1.54, 1.807) is 6.08 Å². The van der Waals surface area contributed by atoms with Gasteiger partial charge in [0.15, 0.2) is 12.4 Å². The number of carbonyl (C=O) groups is 2. The van der Waals surface area contributed by atoms with Crippen molar-refractivity contribution in [2.24, 2.45) is 0 Å². The maximum absolute atomic E-state index is 13.4. The standard InChI is InChI=1S/C65H119NO10/c1-4-7-10-13-16-19-22-24-26-27-28-29-30-31-32-33-34-37-40-43-46-49-52-58(69)64(73)66-56(57(68)51-48-45-42-39-36-21-18-15-12-9-6-3)55-74-65-63(62(72)61(71)59(54-67)75-65)76-60(70)53-50-47-44-41-38-35-25-23-20-17-14-11-8-5-2/h16,19,24,26,35,38,48,51,56-59,61-63,65,67-69,71-72H,4-15,17-18,20-23,25,27-34,36-37,39-47,49-50,52-55H2,1-3H3,(H,66,73)/b19-16-,26-24-,38-35-,51-48+. The minimum atomic E-state index is -1.62. The third-order valence-corrected chi connectivity index (χ3v) is 15.0. The van der Waals surface area contributed by atoms with E-state index in [2.05, 4.69) is 62.5 Å². The predicted molar refractivity (Wildman–Crippen MR) is 315 cm³/mol. The van der Waals surface area contributed by atoms with Crippen molar-refractivity contribution in [2.75, 3.05) is 13.2 Å². The van der Waals surface area contributed by atoms with Gasteiger partial charge < -0.3 is 45.1 Å². The average Bonchev–Trinajstić information content (AvgIpc) is 3.42. The van der Waals surface area contributed by atoms with E-state index in [-0.39, 0.29) is 19.4 Å². The summed E-state index contributed by atoms with van der Waals surface area (Å²) in [5.74, 6) is -1.21. The highest BCUT2D eigenvalue weighted by Crippen LogP contribution is 2.26. The van der Waals surface area contributed by atoms with E-state index in [0.717, 1.165) is 70.6 Å². The topological polar surface area (TPSA) is 175 Å². The molecule has 11 nitrogen and oxygen atoms in total. The molecule has 0 saturated carbocycles. The zero-order valence-electron chi connectivity index (χ0n) is 49.1. The molecule has 1 aliphatic heterocycles. The number of amides is 1. The summed E-state index contributed by atoms with van der Waals surface area (Å²) in [6.07, 6.45) is 54.4. The van der Waals surface area contributed by atoms with Gasteiger partial charge >= 0.3 is 5.97 Å². The Labute approximate surface area is 466 Å². The van der Waals surface area contributed by atoms with Crippen molar-refractivity contribution in [3.63, 3.8) is 0 Å². The van der Waals surface area contributed by atoms with Crippen LogP contribution in [0.5, 0.6) is 0 Å². The van der Waals surface area contributed by atoms with Crippen LogP contribution in [-0.4, -0.2) is 99.6 Å². The smallest absolute Gasteiger partial charge is 0.306 e. The first-order chi connectivity index (χ1) is 37.2. The molecule has 1 aliphatic rings. The van der Waals surface area contributed by atoms with Crippen LogP contribution in [-0.2, 0) is 23.8 Å². The van der Waals surface area contributed by atoms with Crippen LogP contribution >= 0.6 is 0 Å². The number of esters is 1. The highest BCUT2D eigenvalue weighted by atomic mass is 16.7. The number of aliphatic hydroxyl groups is 5. The van der Waals surface area contributed by atoms with E-state index in [0.29, 0.717) is 12.8 Å². The summed E-state index contributed by atoms with van der Waals surface area (Å²) < 4.78 is 17.6. The Kier molecular flexibility index (Phi) is 50.2. The lowest BCUT2D eigenvalue weighted by atomic mass is 9.99. The van der Waals surface area contributed by atoms with Crippen LogP contribution in [0.1, 0.15) is 290 Å². The molecule has 444 valence electrons. The van der Waals surface area contributed by atoms with Gasteiger partial charge in [-0.1, -0.05) is 249 Å². The van der Waals surface area contributed by atoms with E-state index in [1.807, 2.05) is 6.08 Å². The van der Waals surface area contributed by atoms with Crippen molar-refractivity contribution in [1.29, 1.82) is 0 Å². The first-order valence-electron chi connectivity index (χ1n) is 31.9. The zero-order chi connectivity index (χ0) is 55.4. The van der Waals surface area contributed by atoms with E-state index in [9.17, 15) is 35.1 Å². The van der Waals surface area contributed by atoms with Crippen LogP contribution in [0.4, 0.5) is 0 Å². The lowest BCUT2D eigenvalue weighted by Crippen LogP contribution is -2.61. The number of hydrogen-bond acceptors (Lipinski definition) is 10. The fraction of sp³-hybridized carbons (Fsp3) is 0.846. The second kappa shape index (κ2) is 53.3. The van der Waals surface area contributed by atoms with E-state index in [4.69, 9.17) is 14.2 Å². The molecular formula is C65H119NO10. The van der Waals surface area contributed by atoms with Crippen LogP contribution < -0.4 is 5.32 Å². The van der Waals surface area contributed by atoms with Gasteiger partial charge in [0, 0.05) is 6.42 Å². The van der Waals surface area contributed by atoms with Crippen LogP contribution in [0.25, 0.3) is 0 Å². The SMILES string of the molecule is CCCCC/C=C\C/C=C\CCCCCCCCCCCCCCC(O)C(=O)NC(COC1OC(CO)C(O)C(O)C1OC(=O)CCCCC/C=C\CCCCCCCCC)C(O)/C=C/CCCCCCCCCCC. The molecule has 0 aromatic heterocycles. The summed E-state index contributed by atoms with van der Waals surface area (Å²) in [4.78, 5) is 26.5. The molecule has 0 radical (unpaired) electrons. The molecule has 8 unspecified atom stereocenters. The minimum absolute atomic E-state index is 0.104. The summed E-state index contributed by atoms with van der Waals surface area (Å²) in [6.45, 7) is 5.76. The Bertz CT molecular complexity index is 1420. The number of rotatable bonds is 54. The van der Waals surface area contributed by atoms with Gasteiger partial charge in [-0.25, -0.2) is 0 Å². The van der Waals surface area contributed by atoms with Gasteiger partial charge in [0.2, 0.25) is 5.91 Å². The first-order valence-corrected chi connectivity index (χ1v) is 31.9. The zero-order valence-corrected chi connectivity index (χ0v) is 49.1. The molecule has 11 heteroatoms. The van der Waals surface area contributed by atoms with Crippen LogP contribution in [0.2, 0.25) is 0 Å². The molecule has 0 spiro atoms. The summed E-state index contributed by atoms with van der Waals surface area (Å²) in [5.41, 5.74) is 0. The number of allylic oxidation sites excluding steroid dienone is 7. The number of ether oxygens (including phenoxy) is 3. The van der Waals surface area contributed by atoms with Gasteiger partial charge in [0.1, 0.15) is 24.4 Å². The lowest BCUT2D eigenvalue weighted by molar-refractivity contribution is -0.305. The van der Waals surface area contributed by atoms with Crippen molar-refractivity contribution in [1.82, 2.24) is 5.32 Å². The predicted octanol–water partition coefficient (Wildman–Crippen LogP) is 15.2. The number of aliphatic hydroxyl groups excluding tert-OH is 5. The molecule has 1 heterocycles. The maximum atomic E-state index is 13.4. The van der Waals surface area contributed by atoms with Crippen molar-refractivity contribution < 1.29 is 49.3 Å². The van der Waals surface area contributed by atoms with Gasteiger partial charge in [0.25, 0.3) is 0 Å². The van der Waals surface area contributed by atoms with E-state index < -0.39 is 67.4 Å². The third kappa shape index (κ3) is 40.8. The van der Waals surface area contributed by atoms with Crippen LogP contribution in [0.3, 0.4) is 0 Å². The van der Waals surface area contributed by atoms with E-state index >= 15 is 0 Å². The van der Waals surface area contributed by atoms with Crippen molar-refractivity contribution in [3.05, 3.63) is 48.6 Å². The lowest BCUT2D eigenvalue weighted by Gasteiger charge is -2.41. The normalized spacial score (nSPS) is 19.4. The molecular weight excluding hydrogens is 955 g/mol. The summed E-state index contributed by atoms with van der Waals surface area (Å²) in [7, 11) is 0. The van der Waals surface area contributed by atoms with E-state index in [1.165, 1.54) is 173 Å². The van der Waals surface area contributed by atoms with Crippen molar-refractivity contribution in [3.8, 4) is 0 Å². The molecule has 8 atom stereocenters. The largest absolute Gasteiger partial charge is 0.454 e. The first kappa shape index (κ1) is 71.6. The number of nitrogens with one attached hydrogen (secondary N) is 1. The van der Waals surface area contributed by atoms with Crippen molar-refractivity contribution >= 4 is 11.9 Å². The molecule has 0 aromatic carbocycles. The summed E-state index contributed by atoms with van der Waals surface area (Å²) >= 11 is 0. The Morgan fingerprint density at radius 1 is 0.513 bits per heavy atom. The number of hydrogen-bond donors (Lipinski definition) is 6. The summed E-state index contributed by atoms with van der Waals surface area (Å²) in [5, 5.41) is 57.0. The molecule has 0 aliphatic carbocycles. The highest BCUT2D eigenvalue weighted by molar-refractivity contribution is 5.80. The monoisotopic (exact) mass is 1070 g/mol. The highest BCUT2D eigenvalue weighted by Gasteiger charge is 2.47. The molecule has 1 rings (SSSR count). The number of carbonyl (C=O) groups excluding carboxylic acids is 2. The molecule has 0 bridgehead atoms. The fourth-order valence-electron chi connectivity index (χ4n) is 9.85. The molecule has 1 fully saturated rings. The van der Waals surface area contributed by atoms with Gasteiger partial charge in [0.05, 0.1) is 25.4 Å². The number of unbranched alkanes of at least 4 members (excludes halogenated alkanes) is 34. The van der Waals surface area contributed by atoms with Gasteiger partial charge in [-0.2, -0.15) is 0 Å². The summed E-state index contributed by atoms with van der Waals surface area (Å²) in [6, 6.07) is -1.03. The van der Waals surface area contributed by atoms with Gasteiger partial charge in [-0.05, 0) is 83.5 Å². The molecule has 1 amide bonds. The minimum Gasteiger partial charge on any atom is -0.454 e. The van der Waals surface area contributed by atoms with Crippen LogP contribution in [0, 0.1) is 0 Å². The fourth-order valence-corrected chi connectivity index (χ4v) is 9.85. The molecule has 6 N–H and O–H groups in total. The quantitative estimate of drug-likeness (QED) is 0.0195. The Balaban J connectivity index is 2.63. The second-order valence-electron chi connectivity index (χ2n) is 22.1. The molecule has 1 saturated heterocycles.